The molecular weight excluding hydrogens is 308 g/mol. The van der Waals surface area contributed by atoms with Crippen LogP contribution in [0.2, 0.25) is 0 Å². The molecule has 0 aliphatic rings. The van der Waals surface area contributed by atoms with Crippen LogP contribution < -0.4 is 5.32 Å². The molecule has 0 spiro atoms. The summed E-state index contributed by atoms with van der Waals surface area (Å²) >= 11 is 3.36. The number of thioether (sulfide) groups is 1. The van der Waals surface area contributed by atoms with E-state index in [4.69, 9.17) is 5.11 Å². The summed E-state index contributed by atoms with van der Waals surface area (Å²) in [5.41, 5.74) is 1.08. The van der Waals surface area contributed by atoms with E-state index in [2.05, 4.69) is 15.7 Å². The normalized spacial score (nSPS) is 10.5. The number of rotatable bonds is 11. The number of nitrogens with one attached hydrogen (secondary N) is 1. The third kappa shape index (κ3) is 9.47. The van der Waals surface area contributed by atoms with Gasteiger partial charge in [-0.3, -0.25) is 9.59 Å². The van der Waals surface area contributed by atoms with Gasteiger partial charge in [0, 0.05) is 36.3 Å². The summed E-state index contributed by atoms with van der Waals surface area (Å²) in [4.78, 5) is 26.3. The van der Waals surface area contributed by atoms with Crippen molar-refractivity contribution < 1.29 is 14.7 Å². The summed E-state index contributed by atoms with van der Waals surface area (Å²) in [7, 11) is 0. The molecule has 0 fully saturated rings. The highest BCUT2D eigenvalue weighted by molar-refractivity contribution is 7.98. The standard InChI is InChI=1S/C14H22N2O3S2/c1-11-16-12(10-21-11)9-20-8-6-13(17)15-7-4-2-3-5-14(18)19/h10H,2-9H2,1H3,(H,15,17)(H,18,19). The summed E-state index contributed by atoms with van der Waals surface area (Å²) in [6.07, 6.45) is 3.08. The van der Waals surface area contributed by atoms with E-state index in [0.717, 1.165) is 35.0 Å². The van der Waals surface area contributed by atoms with Gasteiger partial charge in [0.2, 0.25) is 5.91 Å². The SMILES string of the molecule is Cc1nc(CSCCC(=O)NCCCCCC(=O)O)cs1. The molecule has 5 nitrogen and oxygen atoms in total. The number of aromatic nitrogens is 1. The third-order valence-electron chi connectivity index (χ3n) is 2.78. The van der Waals surface area contributed by atoms with Crippen molar-refractivity contribution in [1.29, 1.82) is 0 Å². The number of carbonyl (C=O) groups excluding carboxylic acids is 1. The van der Waals surface area contributed by atoms with Crippen LogP contribution in [0.4, 0.5) is 0 Å². The molecule has 0 aromatic carbocycles. The van der Waals surface area contributed by atoms with E-state index in [0.29, 0.717) is 19.4 Å². The minimum atomic E-state index is -0.758. The van der Waals surface area contributed by atoms with Gasteiger partial charge < -0.3 is 10.4 Å². The Labute approximate surface area is 133 Å². The molecule has 0 aliphatic heterocycles. The molecule has 1 aromatic rings. The lowest BCUT2D eigenvalue weighted by Crippen LogP contribution is -2.24. The van der Waals surface area contributed by atoms with Crippen LogP contribution in [-0.2, 0) is 15.3 Å². The van der Waals surface area contributed by atoms with E-state index in [1.807, 2.05) is 6.92 Å². The maximum absolute atomic E-state index is 11.6. The molecule has 0 radical (unpaired) electrons. The number of unbranched alkanes of at least 4 members (excludes halogenated alkanes) is 2. The average Bonchev–Trinajstić information content (AvgIpc) is 2.84. The number of hydrogen-bond acceptors (Lipinski definition) is 5. The number of aryl methyl sites for hydroxylation is 1. The first-order chi connectivity index (χ1) is 10.1. The van der Waals surface area contributed by atoms with Gasteiger partial charge in [-0.05, 0) is 19.8 Å². The molecule has 0 saturated heterocycles. The number of carbonyl (C=O) groups is 2. The third-order valence-corrected chi connectivity index (χ3v) is 4.59. The number of amides is 1. The summed E-state index contributed by atoms with van der Waals surface area (Å²) in [6.45, 7) is 2.62. The zero-order valence-corrected chi connectivity index (χ0v) is 13.9. The molecular formula is C14H22N2O3S2. The summed E-state index contributed by atoms with van der Waals surface area (Å²) in [5, 5.41) is 14.5. The van der Waals surface area contributed by atoms with Gasteiger partial charge in [-0.25, -0.2) is 4.98 Å². The van der Waals surface area contributed by atoms with E-state index in [9.17, 15) is 9.59 Å². The quantitative estimate of drug-likeness (QED) is 0.610. The maximum Gasteiger partial charge on any atom is 0.303 e. The Morgan fingerprint density at radius 2 is 2.14 bits per heavy atom. The fraction of sp³-hybridized carbons (Fsp3) is 0.643. The number of aliphatic carboxylic acids is 1. The van der Waals surface area contributed by atoms with Crippen molar-refractivity contribution in [1.82, 2.24) is 10.3 Å². The second kappa shape index (κ2) is 10.6. The number of thiazole rings is 1. The molecule has 1 heterocycles. The van der Waals surface area contributed by atoms with Gasteiger partial charge in [0.1, 0.15) is 0 Å². The first-order valence-electron chi connectivity index (χ1n) is 7.05. The molecule has 118 valence electrons. The van der Waals surface area contributed by atoms with E-state index >= 15 is 0 Å². The largest absolute Gasteiger partial charge is 0.481 e. The smallest absolute Gasteiger partial charge is 0.303 e. The van der Waals surface area contributed by atoms with Crippen molar-refractivity contribution in [2.24, 2.45) is 0 Å². The lowest BCUT2D eigenvalue weighted by Gasteiger charge is -2.04. The van der Waals surface area contributed by atoms with E-state index < -0.39 is 5.97 Å². The predicted octanol–water partition coefficient (Wildman–Crippen LogP) is 2.84. The highest BCUT2D eigenvalue weighted by Crippen LogP contribution is 2.15. The fourth-order valence-corrected chi connectivity index (χ4v) is 3.26. The van der Waals surface area contributed by atoms with E-state index in [1.54, 1.807) is 23.1 Å². The Bertz CT molecular complexity index is 449. The Hall–Kier alpha value is -1.08. The molecule has 0 bridgehead atoms. The number of carboxylic acid groups (broad SMARTS) is 1. The van der Waals surface area contributed by atoms with Crippen molar-refractivity contribution in [2.75, 3.05) is 12.3 Å². The molecule has 1 rings (SSSR count). The van der Waals surface area contributed by atoms with Gasteiger partial charge >= 0.3 is 5.97 Å². The number of hydrogen-bond donors (Lipinski definition) is 2. The van der Waals surface area contributed by atoms with Crippen molar-refractivity contribution >= 4 is 35.0 Å². The highest BCUT2D eigenvalue weighted by Gasteiger charge is 2.03. The van der Waals surface area contributed by atoms with Gasteiger partial charge in [-0.15, -0.1) is 11.3 Å². The molecule has 0 saturated carbocycles. The Kier molecular flexibility index (Phi) is 9.09. The first kappa shape index (κ1) is 18.0. The predicted molar refractivity (Wildman–Crippen MR) is 86.7 cm³/mol. The molecule has 2 N–H and O–H groups in total. The van der Waals surface area contributed by atoms with Crippen LogP contribution in [0, 0.1) is 6.92 Å². The lowest BCUT2D eigenvalue weighted by atomic mass is 10.2. The van der Waals surface area contributed by atoms with Crippen molar-refractivity contribution in [3.8, 4) is 0 Å². The van der Waals surface area contributed by atoms with Crippen LogP contribution in [0.25, 0.3) is 0 Å². The second-order valence-corrected chi connectivity index (χ2v) is 6.88. The van der Waals surface area contributed by atoms with Gasteiger partial charge in [0.05, 0.1) is 10.7 Å². The number of carboxylic acids is 1. The van der Waals surface area contributed by atoms with E-state index in [-0.39, 0.29) is 12.3 Å². The first-order valence-corrected chi connectivity index (χ1v) is 9.08. The molecule has 1 amide bonds. The average molecular weight is 330 g/mol. The van der Waals surface area contributed by atoms with Crippen LogP contribution in [0.15, 0.2) is 5.38 Å². The van der Waals surface area contributed by atoms with Gasteiger partial charge in [-0.1, -0.05) is 6.42 Å². The summed E-state index contributed by atoms with van der Waals surface area (Å²) < 4.78 is 0. The summed E-state index contributed by atoms with van der Waals surface area (Å²) in [5.74, 6) is 0.954. The molecule has 7 heteroatoms. The maximum atomic E-state index is 11.6. The minimum absolute atomic E-state index is 0.0650. The fourth-order valence-electron chi connectivity index (χ4n) is 1.71. The van der Waals surface area contributed by atoms with Crippen molar-refractivity contribution in [3.05, 3.63) is 16.1 Å². The highest BCUT2D eigenvalue weighted by atomic mass is 32.2. The van der Waals surface area contributed by atoms with Gasteiger partial charge in [0.15, 0.2) is 0 Å². The van der Waals surface area contributed by atoms with E-state index in [1.165, 1.54) is 0 Å². The van der Waals surface area contributed by atoms with Crippen LogP contribution >= 0.6 is 23.1 Å². The van der Waals surface area contributed by atoms with Crippen molar-refractivity contribution in [2.45, 2.75) is 44.8 Å². The van der Waals surface area contributed by atoms with Gasteiger partial charge in [-0.2, -0.15) is 11.8 Å². The van der Waals surface area contributed by atoms with Crippen LogP contribution in [0.1, 0.15) is 42.8 Å². The molecule has 0 unspecified atom stereocenters. The van der Waals surface area contributed by atoms with Crippen LogP contribution in [0.5, 0.6) is 0 Å². The second-order valence-electron chi connectivity index (χ2n) is 4.71. The van der Waals surface area contributed by atoms with Crippen LogP contribution in [0.3, 0.4) is 0 Å². The Balaban J connectivity index is 1.93. The Morgan fingerprint density at radius 1 is 1.33 bits per heavy atom. The molecule has 0 atom stereocenters. The van der Waals surface area contributed by atoms with Gasteiger partial charge in [0.25, 0.3) is 0 Å². The summed E-state index contributed by atoms with van der Waals surface area (Å²) in [6, 6.07) is 0. The number of nitrogens with zero attached hydrogens (tertiary/aromatic N) is 1. The minimum Gasteiger partial charge on any atom is -0.481 e. The molecule has 0 aliphatic carbocycles. The van der Waals surface area contributed by atoms with Crippen molar-refractivity contribution in [3.63, 3.8) is 0 Å². The monoisotopic (exact) mass is 330 g/mol. The van der Waals surface area contributed by atoms with Crippen LogP contribution in [-0.4, -0.2) is 34.3 Å². The zero-order valence-electron chi connectivity index (χ0n) is 12.3. The zero-order chi connectivity index (χ0) is 15.5. The topological polar surface area (TPSA) is 79.3 Å². The Morgan fingerprint density at radius 3 is 2.81 bits per heavy atom. The lowest BCUT2D eigenvalue weighted by molar-refractivity contribution is -0.137. The molecule has 21 heavy (non-hydrogen) atoms. The molecule has 1 aromatic heterocycles.